The van der Waals surface area contributed by atoms with Crippen molar-refractivity contribution in [2.75, 3.05) is 7.05 Å². The average molecular weight is 329 g/mol. The van der Waals surface area contributed by atoms with Gasteiger partial charge in [-0.05, 0) is 43.2 Å². The molecule has 5 heteroatoms. The summed E-state index contributed by atoms with van der Waals surface area (Å²) in [4.78, 5) is 24.8. The lowest BCUT2D eigenvalue weighted by Gasteiger charge is -2.37. The molecular weight excluding hydrogens is 302 g/mol. The van der Waals surface area contributed by atoms with Crippen molar-refractivity contribution in [2.45, 2.75) is 62.9 Å². The van der Waals surface area contributed by atoms with Crippen molar-refractivity contribution >= 4 is 11.9 Å². The molecule has 0 aromatic heterocycles. The Balaban J connectivity index is 1.61. The molecular formula is C19H27N3O2. The highest BCUT2D eigenvalue weighted by atomic mass is 16.2. The van der Waals surface area contributed by atoms with Crippen molar-refractivity contribution in [3.05, 3.63) is 35.4 Å². The van der Waals surface area contributed by atoms with E-state index < -0.39 is 5.54 Å². The number of carbonyl (C=O) groups is 2. The second-order valence-electron chi connectivity index (χ2n) is 7.03. The first-order valence-corrected chi connectivity index (χ1v) is 9.00. The van der Waals surface area contributed by atoms with E-state index in [0.29, 0.717) is 12.8 Å². The van der Waals surface area contributed by atoms with Crippen LogP contribution < -0.4 is 16.0 Å². The summed E-state index contributed by atoms with van der Waals surface area (Å²) in [5.41, 5.74) is 1.95. The molecule has 3 amide bonds. The van der Waals surface area contributed by atoms with Crippen molar-refractivity contribution in [1.29, 1.82) is 0 Å². The van der Waals surface area contributed by atoms with Gasteiger partial charge in [0.2, 0.25) is 5.91 Å². The highest BCUT2D eigenvalue weighted by Gasteiger charge is 2.40. The van der Waals surface area contributed by atoms with E-state index in [1.165, 1.54) is 11.1 Å². The van der Waals surface area contributed by atoms with Crippen molar-refractivity contribution in [3.63, 3.8) is 0 Å². The van der Waals surface area contributed by atoms with E-state index in [1.54, 1.807) is 7.05 Å². The summed E-state index contributed by atoms with van der Waals surface area (Å²) in [6.07, 6.45) is 7.30. The first-order valence-electron chi connectivity index (χ1n) is 9.00. The van der Waals surface area contributed by atoms with Gasteiger partial charge in [0.05, 0.1) is 0 Å². The van der Waals surface area contributed by atoms with Crippen LogP contribution in [0.3, 0.4) is 0 Å². The number of carbonyl (C=O) groups excluding carboxylic acids is 2. The lowest BCUT2D eigenvalue weighted by molar-refractivity contribution is -0.128. The van der Waals surface area contributed by atoms with Gasteiger partial charge in [-0.15, -0.1) is 0 Å². The van der Waals surface area contributed by atoms with Crippen molar-refractivity contribution in [2.24, 2.45) is 0 Å². The van der Waals surface area contributed by atoms with Gasteiger partial charge in [-0.2, -0.15) is 0 Å². The molecule has 0 spiro atoms. The Labute approximate surface area is 143 Å². The maximum atomic E-state index is 12.5. The minimum Gasteiger partial charge on any atom is -0.357 e. The number of urea groups is 1. The molecule has 3 rings (SSSR count). The molecule has 0 saturated heterocycles. The molecule has 0 aliphatic heterocycles. The third-order valence-electron chi connectivity index (χ3n) is 5.40. The quantitative estimate of drug-likeness (QED) is 0.796. The zero-order valence-electron chi connectivity index (χ0n) is 14.4. The molecule has 0 unspecified atom stereocenters. The molecule has 2 aliphatic carbocycles. The smallest absolute Gasteiger partial charge is 0.315 e. The van der Waals surface area contributed by atoms with Gasteiger partial charge in [-0.1, -0.05) is 43.5 Å². The average Bonchev–Trinajstić information content (AvgIpc) is 2.61. The molecule has 130 valence electrons. The Kier molecular flexibility index (Phi) is 5.07. The molecule has 1 aromatic carbocycles. The Bertz CT molecular complexity index is 608. The third kappa shape index (κ3) is 3.55. The second-order valence-corrected chi connectivity index (χ2v) is 7.03. The fourth-order valence-electron chi connectivity index (χ4n) is 4.06. The first kappa shape index (κ1) is 16.8. The van der Waals surface area contributed by atoms with Gasteiger partial charge < -0.3 is 16.0 Å². The normalized spacial score (nSPS) is 22.1. The summed E-state index contributed by atoms with van der Waals surface area (Å²) in [6.45, 7) is 0. The molecule has 0 radical (unpaired) electrons. The number of rotatable bonds is 3. The fraction of sp³-hybridized carbons (Fsp3) is 0.579. The second kappa shape index (κ2) is 7.24. The molecule has 5 nitrogen and oxygen atoms in total. The van der Waals surface area contributed by atoms with Gasteiger partial charge >= 0.3 is 6.03 Å². The third-order valence-corrected chi connectivity index (χ3v) is 5.40. The summed E-state index contributed by atoms with van der Waals surface area (Å²) >= 11 is 0. The predicted molar refractivity (Wildman–Crippen MR) is 93.8 cm³/mol. The number of hydrogen-bond acceptors (Lipinski definition) is 2. The number of benzene rings is 1. The summed E-state index contributed by atoms with van der Waals surface area (Å²) in [5, 5.41) is 8.79. The summed E-state index contributed by atoms with van der Waals surface area (Å²) < 4.78 is 0. The zero-order valence-corrected chi connectivity index (χ0v) is 14.4. The van der Waals surface area contributed by atoms with Gasteiger partial charge in [-0.3, -0.25) is 4.79 Å². The number of hydrogen-bond donors (Lipinski definition) is 3. The minimum absolute atomic E-state index is 0.0775. The lowest BCUT2D eigenvalue weighted by Crippen LogP contribution is -2.62. The van der Waals surface area contributed by atoms with Crippen LogP contribution in [0.1, 0.15) is 49.7 Å². The van der Waals surface area contributed by atoms with Crippen LogP contribution in [-0.4, -0.2) is 30.6 Å². The predicted octanol–water partition coefficient (Wildman–Crippen LogP) is 2.29. The van der Waals surface area contributed by atoms with E-state index in [9.17, 15) is 9.59 Å². The van der Waals surface area contributed by atoms with Crippen molar-refractivity contribution in [1.82, 2.24) is 16.0 Å². The van der Waals surface area contributed by atoms with Crippen LogP contribution in [0.4, 0.5) is 4.79 Å². The maximum absolute atomic E-state index is 12.5. The van der Waals surface area contributed by atoms with Crippen LogP contribution in [0.25, 0.3) is 0 Å². The molecule has 1 aromatic rings. The molecule has 1 saturated carbocycles. The van der Waals surface area contributed by atoms with Gasteiger partial charge in [-0.25, -0.2) is 4.79 Å². The Morgan fingerprint density at radius 2 is 1.79 bits per heavy atom. The highest BCUT2D eigenvalue weighted by Crippen LogP contribution is 2.28. The fourth-order valence-corrected chi connectivity index (χ4v) is 4.06. The zero-order chi connectivity index (χ0) is 17.0. The van der Waals surface area contributed by atoms with Crippen molar-refractivity contribution in [3.8, 4) is 0 Å². The largest absolute Gasteiger partial charge is 0.357 e. The van der Waals surface area contributed by atoms with Crippen LogP contribution >= 0.6 is 0 Å². The van der Waals surface area contributed by atoms with E-state index in [-0.39, 0.29) is 18.0 Å². The number of amides is 3. The van der Waals surface area contributed by atoms with Crippen LogP contribution in [0.15, 0.2) is 24.3 Å². The summed E-state index contributed by atoms with van der Waals surface area (Å²) in [7, 11) is 1.64. The molecule has 0 heterocycles. The van der Waals surface area contributed by atoms with E-state index >= 15 is 0 Å². The Hall–Kier alpha value is -2.04. The topological polar surface area (TPSA) is 70.2 Å². The standard InChI is InChI=1S/C19H27N3O2/c1-20-17(23)19(11-5-2-6-12-19)22-18(24)21-16-10-9-14-7-3-4-8-15(14)13-16/h3-4,7-8,16H,2,5-6,9-13H2,1H3,(H,20,23)(H2,21,22,24)/t16-/m1/s1. The molecule has 0 bridgehead atoms. The number of nitrogens with one attached hydrogen (secondary N) is 3. The highest BCUT2D eigenvalue weighted by molar-refractivity contribution is 5.91. The molecule has 1 atom stereocenters. The minimum atomic E-state index is -0.746. The number of fused-ring (bicyclic) bond motifs is 1. The number of aryl methyl sites for hydroxylation is 1. The molecule has 24 heavy (non-hydrogen) atoms. The molecule has 3 N–H and O–H groups in total. The van der Waals surface area contributed by atoms with E-state index in [2.05, 4.69) is 34.1 Å². The van der Waals surface area contributed by atoms with Crippen LogP contribution in [-0.2, 0) is 17.6 Å². The Morgan fingerprint density at radius 3 is 2.50 bits per heavy atom. The van der Waals surface area contributed by atoms with Gasteiger partial charge in [0.25, 0.3) is 0 Å². The van der Waals surface area contributed by atoms with Gasteiger partial charge in [0, 0.05) is 13.1 Å². The van der Waals surface area contributed by atoms with Crippen LogP contribution in [0, 0.1) is 0 Å². The SMILES string of the molecule is CNC(=O)C1(NC(=O)N[C@@H]2CCc3ccccc3C2)CCCCC1. The number of likely N-dealkylation sites (N-methyl/N-ethyl adjacent to an activating group) is 1. The summed E-state index contributed by atoms with van der Waals surface area (Å²) in [5.74, 6) is -0.0775. The van der Waals surface area contributed by atoms with Crippen molar-refractivity contribution < 1.29 is 9.59 Å². The van der Waals surface area contributed by atoms with E-state index in [1.807, 2.05) is 6.07 Å². The Morgan fingerprint density at radius 1 is 1.08 bits per heavy atom. The van der Waals surface area contributed by atoms with Gasteiger partial charge in [0.15, 0.2) is 0 Å². The lowest BCUT2D eigenvalue weighted by atomic mass is 9.81. The maximum Gasteiger partial charge on any atom is 0.315 e. The summed E-state index contributed by atoms with van der Waals surface area (Å²) in [6, 6.07) is 8.32. The van der Waals surface area contributed by atoms with E-state index in [0.717, 1.165) is 38.5 Å². The molecule has 2 aliphatic rings. The van der Waals surface area contributed by atoms with Gasteiger partial charge in [0.1, 0.15) is 5.54 Å². The monoisotopic (exact) mass is 329 g/mol. The van der Waals surface area contributed by atoms with Crippen LogP contribution in [0.5, 0.6) is 0 Å². The molecule has 1 fully saturated rings. The van der Waals surface area contributed by atoms with E-state index in [4.69, 9.17) is 0 Å². The van der Waals surface area contributed by atoms with Crippen LogP contribution in [0.2, 0.25) is 0 Å². The first-order chi connectivity index (χ1) is 11.6.